The van der Waals surface area contributed by atoms with E-state index >= 15 is 0 Å². The smallest absolute Gasteiger partial charge is 0.409 e. The number of nitrogens with one attached hydrogen (secondary N) is 2. The summed E-state index contributed by atoms with van der Waals surface area (Å²) in [5, 5.41) is 6.83. The molecule has 0 aromatic rings. The lowest BCUT2D eigenvalue weighted by molar-refractivity contribution is 0.109. The molecule has 1 unspecified atom stereocenters. The van der Waals surface area contributed by atoms with Gasteiger partial charge in [-0.2, -0.15) is 0 Å². The first-order valence-corrected chi connectivity index (χ1v) is 9.96. The minimum atomic E-state index is -0.415. The summed E-state index contributed by atoms with van der Waals surface area (Å²) in [5.41, 5.74) is 0. The average Bonchev–Trinajstić information content (AvgIpc) is 2.94. The monoisotopic (exact) mass is 371 g/mol. The number of hydrogen-bond acceptors (Lipinski definition) is 6. The van der Waals surface area contributed by atoms with Crippen molar-refractivity contribution in [2.75, 3.05) is 5.75 Å². The molecule has 1 aliphatic carbocycles. The fraction of sp³-hybridized carbons (Fsp3) is 0.824. The van der Waals surface area contributed by atoms with Crippen LogP contribution in [0.25, 0.3) is 0 Å². The fourth-order valence-electron chi connectivity index (χ4n) is 2.97. The van der Waals surface area contributed by atoms with Crippen LogP contribution < -0.4 is 10.6 Å². The summed E-state index contributed by atoms with van der Waals surface area (Å²) in [4.78, 5) is 28.0. The molecule has 25 heavy (non-hydrogen) atoms. The molecule has 1 heterocycles. The van der Waals surface area contributed by atoms with Crippen molar-refractivity contribution in [3.05, 3.63) is 0 Å². The summed E-state index contributed by atoms with van der Waals surface area (Å²) in [5.74, 6) is 1.17. The molecule has 1 saturated carbocycles. The van der Waals surface area contributed by atoms with E-state index in [1.165, 1.54) is 0 Å². The Balaban J connectivity index is 1.74. The molecule has 2 amide bonds. The van der Waals surface area contributed by atoms with Gasteiger partial charge >= 0.3 is 12.2 Å². The maximum atomic E-state index is 11.7. The second-order valence-corrected chi connectivity index (χ2v) is 8.08. The van der Waals surface area contributed by atoms with Gasteiger partial charge in [-0.25, -0.2) is 9.59 Å². The average molecular weight is 372 g/mol. The second-order valence-electron chi connectivity index (χ2n) is 7.04. The first kappa shape index (κ1) is 19.9. The lowest BCUT2D eigenvalue weighted by atomic mass is 9.86. The van der Waals surface area contributed by atoms with Crippen molar-refractivity contribution in [1.29, 1.82) is 0 Å². The largest absolute Gasteiger partial charge is 0.447 e. The van der Waals surface area contributed by atoms with E-state index in [4.69, 9.17) is 9.47 Å². The Morgan fingerprint density at radius 3 is 2.12 bits per heavy atom. The van der Waals surface area contributed by atoms with E-state index in [-0.39, 0.29) is 30.5 Å². The summed E-state index contributed by atoms with van der Waals surface area (Å²) in [6.07, 6.45) is 2.62. The highest BCUT2D eigenvalue weighted by Gasteiger charge is 2.30. The van der Waals surface area contributed by atoms with Crippen LogP contribution in [0.15, 0.2) is 4.99 Å². The predicted octanol–water partition coefficient (Wildman–Crippen LogP) is 3.29. The second kappa shape index (κ2) is 9.31. The van der Waals surface area contributed by atoms with Gasteiger partial charge in [-0.3, -0.25) is 10.3 Å². The van der Waals surface area contributed by atoms with Gasteiger partial charge in [0.1, 0.15) is 6.17 Å². The van der Waals surface area contributed by atoms with Crippen LogP contribution in [-0.4, -0.2) is 47.4 Å². The summed E-state index contributed by atoms with van der Waals surface area (Å²) >= 11 is 1.71. The Kier molecular flexibility index (Phi) is 7.40. The SMILES string of the molecule is CC(C)OC(=O)NC1CCC(C2=NC(NC(=O)OC(C)C)CS2)CC1. The number of aliphatic imine (C=N–C) groups is 1. The standard InChI is InChI=1S/C17H29N3O4S/c1-10(2)23-16(21)18-13-7-5-12(6-8-13)15-19-14(9-25-15)20-17(22)24-11(3)4/h10-14H,5-9H2,1-4H3,(H,18,21)(H,20,22). The number of alkyl carbamates (subject to hydrolysis) is 2. The van der Waals surface area contributed by atoms with E-state index in [0.29, 0.717) is 5.92 Å². The van der Waals surface area contributed by atoms with E-state index < -0.39 is 6.09 Å². The molecular weight excluding hydrogens is 342 g/mol. The highest BCUT2D eigenvalue weighted by atomic mass is 32.2. The summed E-state index contributed by atoms with van der Waals surface area (Å²) in [7, 11) is 0. The Labute approximate surface area is 153 Å². The predicted molar refractivity (Wildman–Crippen MR) is 98.9 cm³/mol. The molecule has 2 rings (SSSR count). The van der Waals surface area contributed by atoms with E-state index in [1.54, 1.807) is 11.8 Å². The molecule has 142 valence electrons. The van der Waals surface area contributed by atoms with Crippen LogP contribution in [0.5, 0.6) is 0 Å². The first-order valence-electron chi connectivity index (χ1n) is 8.98. The van der Waals surface area contributed by atoms with Crippen molar-refractivity contribution in [2.45, 2.75) is 77.8 Å². The Hall–Kier alpha value is -1.44. The van der Waals surface area contributed by atoms with Gasteiger partial charge in [0.25, 0.3) is 0 Å². The molecule has 2 aliphatic rings. The molecule has 7 nitrogen and oxygen atoms in total. The van der Waals surface area contributed by atoms with Crippen LogP contribution in [0.2, 0.25) is 0 Å². The number of rotatable bonds is 5. The first-order chi connectivity index (χ1) is 11.8. The van der Waals surface area contributed by atoms with Gasteiger partial charge in [-0.05, 0) is 53.4 Å². The van der Waals surface area contributed by atoms with E-state index in [9.17, 15) is 9.59 Å². The third-order valence-corrected chi connectivity index (χ3v) is 5.26. The molecule has 0 aromatic heterocycles. The molecule has 0 spiro atoms. The minimum absolute atomic E-state index is 0.104. The van der Waals surface area contributed by atoms with Gasteiger partial charge in [0.15, 0.2) is 0 Å². The maximum absolute atomic E-state index is 11.7. The summed E-state index contributed by atoms with van der Waals surface area (Å²) in [6, 6.07) is 0.171. The topological polar surface area (TPSA) is 89.0 Å². The zero-order valence-electron chi connectivity index (χ0n) is 15.4. The Morgan fingerprint density at radius 1 is 1.00 bits per heavy atom. The Bertz CT molecular complexity index is 502. The highest BCUT2D eigenvalue weighted by Crippen LogP contribution is 2.32. The van der Waals surface area contributed by atoms with Gasteiger partial charge in [0.05, 0.1) is 17.3 Å². The highest BCUT2D eigenvalue weighted by molar-refractivity contribution is 8.14. The molecular formula is C17H29N3O4S. The lowest BCUT2D eigenvalue weighted by Gasteiger charge is -2.28. The number of thioether (sulfide) groups is 1. The van der Waals surface area contributed by atoms with E-state index in [1.807, 2.05) is 27.7 Å². The van der Waals surface area contributed by atoms with Crippen molar-refractivity contribution in [3.8, 4) is 0 Å². The number of carbonyl (C=O) groups excluding carboxylic acids is 2. The third kappa shape index (κ3) is 6.76. The van der Waals surface area contributed by atoms with Gasteiger partial charge in [-0.1, -0.05) is 0 Å². The zero-order chi connectivity index (χ0) is 18.4. The van der Waals surface area contributed by atoms with Crippen LogP contribution in [-0.2, 0) is 9.47 Å². The molecule has 1 aliphatic heterocycles. The van der Waals surface area contributed by atoms with Gasteiger partial charge < -0.3 is 14.8 Å². The van der Waals surface area contributed by atoms with Crippen molar-refractivity contribution in [1.82, 2.24) is 10.6 Å². The lowest BCUT2D eigenvalue weighted by Crippen LogP contribution is -2.39. The Morgan fingerprint density at radius 2 is 1.56 bits per heavy atom. The zero-order valence-corrected chi connectivity index (χ0v) is 16.2. The molecule has 0 radical (unpaired) electrons. The number of carbonyl (C=O) groups is 2. The molecule has 8 heteroatoms. The van der Waals surface area contributed by atoms with Crippen LogP contribution in [0, 0.1) is 5.92 Å². The van der Waals surface area contributed by atoms with Crippen molar-refractivity contribution >= 4 is 29.0 Å². The summed E-state index contributed by atoms with van der Waals surface area (Å²) < 4.78 is 10.2. The number of amides is 2. The van der Waals surface area contributed by atoms with Crippen LogP contribution in [0.4, 0.5) is 9.59 Å². The van der Waals surface area contributed by atoms with Gasteiger partial charge in [0.2, 0.25) is 0 Å². The molecule has 1 fully saturated rings. The van der Waals surface area contributed by atoms with Crippen LogP contribution in [0.1, 0.15) is 53.4 Å². The van der Waals surface area contributed by atoms with E-state index in [0.717, 1.165) is 36.5 Å². The third-order valence-electron chi connectivity index (χ3n) is 4.04. The molecule has 0 bridgehead atoms. The van der Waals surface area contributed by atoms with Crippen LogP contribution in [0.3, 0.4) is 0 Å². The maximum Gasteiger partial charge on any atom is 0.409 e. The fourth-order valence-corrected chi connectivity index (χ4v) is 4.13. The summed E-state index contributed by atoms with van der Waals surface area (Å²) in [6.45, 7) is 7.32. The molecule has 2 N–H and O–H groups in total. The van der Waals surface area contributed by atoms with Gasteiger partial charge in [0, 0.05) is 17.7 Å². The number of nitrogens with zero attached hydrogens (tertiary/aromatic N) is 1. The van der Waals surface area contributed by atoms with Crippen molar-refractivity contribution in [3.63, 3.8) is 0 Å². The molecule has 0 aromatic carbocycles. The van der Waals surface area contributed by atoms with Gasteiger partial charge in [-0.15, -0.1) is 11.8 Å². The molecule has 0 saturated heterocycles. The quantitative estimate of drug-likeness (QED) is 0.774. The van der Waals surface area contributed by atoms with Crippen molar-refractivity contribution < 1.29 is 19.1 Å². The van der Waals surface area contributed by atoms with Crippen LogP contribution >= 0.6 is 11.8 Å². The normalized spacial score (nSPS) is 26.3. The van der Waals surface area contributed by atoms with E-state index in [2.05, 4.69) is 15.6 Å². The molecule has 1 atom stereocenters. The number of ether oxygens (including phenoxy) is 2. The van der Waals surface area contributed by atoms with Crippen molar-refractivity contribution in [2.24, 2.45) is 10.9 Å². The minimum Gasteiger partial charge on any atom is -0.447 e. The number of hydrogen-bond donors (Lipinski definition) is 2.